The first-order valence-corrected chi connectivity index (χ1v) is 6.98. The number of carbonyl (C=O) groups is 1. The van der Waals surface area contributed by atoms with Crippen LogP contribution in [0.1, 0.15) is 36.3 Å². The fraction of sp³-hybridized carbons (Fsp3) is 0.714. The molecule has 0 radical (unpaired) electrons. The van der Waals surface area contributed by atoms with Crippen LogP contribution in [0.25, 0.3) is 0 Å². The molecular formula is C14H23N3O2. The quantitative estimate of drug-likeness (QED) is 0.895. The second kappa shape index (κ2) is 6.19. The van der Waals surface area contributed by atoms with E-state index in [4.69, 9.17) is 4.52 Å². The number of nitrogens with one attached hydrogen (secondary N) is 1. The molecule has 1 aromatic heterocycles. The molecule has 1 fully saturated rings. The van der Waals surface area contributed by atoms with E-state index >= 15 is 0 Å². The van der Waals surface area contributed by atoms with Crippen LogP contribution in [0.4, 0.5) is 0 Å². The SMILES string of the molecule is CNC1CCCN(C(=O)CCc2c(C)noc2C)C1. The number of amides is 1. The zero-order valence-electron chi connectivity index (χ0n) is 12.0. The molecule has 1 unspecified atom stereocenters. The van der Waals surface area contributed by atoms with Gasteiger partial charge < -0.3 is 14.7 Å². The molecule has 5 heteroatoms. The fourth-order valence-electron chi connectivity index (χ4n) is 2.69. The molecule has 0 saturated carbocycles. The van der Waals surface area contributed by atoms with Gasteiger partial charge in [0.25, 0.3) is 0 Å². The number of piperidine rings is 1. The van der Waals surface area contributed by atoms with Crippen molar-refractivity contribution < 1.29 is 9.32 Å². The van der Waals surface area contributed by atoms with Crippen LogP contribution < -0.4 is 5.32 Å². The monoisotopic (exact) mass is 265 g/mol. The van der Waals surface area contributed by atoms with Gasteiger partial charge in [-0.2, -0.15) is 0 Å². The molecule has 0 aliphatic carbocycles. The van der Waals surface area contributed by atoms with E-state index in [1.807, 2.05) is 25.8 Å². The summed E-state index contributed by atoms with van der Waals surface area (Å²) in [6.07, 6.45) is 3.51. The van der Waals surface area contributed by atoms with Crippen molar-refractivity contribution in [2.24, 2.45) is 0 Å². The number of carbonyl (C=O) groups excluding carboxylic acids is 1. The van der Waals surface area contributed by atoms with Gasteiger partial charge in [-0.3, -0.25) is 4.79 Å². The van der Waals surface area contributed by atoms with Gasteiger partial charge in [-0.05, 0) is 40.2 Å². The van der Waals surface area contributed by atoms with Gasteiger partial charge in [0.2, 0.25) is 5.91 Å². The highest BCUT2D eigenvalue weighted by Gasteiger charge is 2.22. The molecule has 0 aromatic carbocycles. The Morgan fingerprint density at radius 2 is 2.32 bits per heavy atom. The van der Waals surface area contributed by atoms with Crippen LogP contribution in [0.15, 0.2) is 4.52 Å². The summed E-state index contributed by atoms with van der Waals surface area (Å²) in [6.45, 7) is 5.54. The lowest BCUT2D eigenvalue weighted by atomic mass is 10.0. The summed E-state index contributed by atoms with van der Waals surface area (Å²) in [5, 5.41) is 7.18. The van der Waals surface area contributed by atoms with Crippen molar-refractivity contribution >= 4 is 5.91 Å². The molecule has 1 saturated heterocycles. The lowest BCUT2D eigenvalue weighted by Gasteiger charge is -2.32. The highest BCUT2D eigenvalue weighted by Crippen LogP contribution is 2.16. The second-order valence-electron chi connectivity index (χ2n) is 5.27. The van der Waals surface area contributed by atoms with E-state index in [0.717, 1.165) is 49.4 Å². The molecule has 1 aliphatic heterocycles. The van der Waals surface area contributed by atoms with Gasteiger partial charge in [-0.25, -0.2) is 0 Å². The normalized spacial score (nSPS) is 19.7. The Morgan fingerprint density at radius 3 is 2.95 bits per heavy atom. The van der Waals surface area contributed by atoms with E-state index < -0.39 is 0 Å². The maximum absolute atomic E-state index is 12.2. The molecule has 0 bridgehead atoms. The molecule has 2 rings (SSSR count). The molecule has 0 spiro atoms. The van der Waals surface area contributed by atoms with Gasteiger partial charge in [-0.1, -0.05) is 5.16 Å². The predicted octanol–water partition coefficient (Wildman–Crippen LogP) is 1.43. The third-order valence-corrected chi connectivity index (χ3v) is 3.95. The third-order valence-electron chi connectivity index (χ3n) is 3.95. The first-order chi connectivity index (χ1) is 9.11. The topological polar surface area (TPSA) is 58.4 Å². The minimum Gasteiger partial charge on any atom is -0.361 e. The average molecular weight is 265 g/mol. The van der Waals surface area contributed by atoms with Crippen LogP contribution in [-0.4, -0.2) is 42.1 Å². The predicted molar refractivity (Wildman–Crippen MR) is 73.0 cm³/mol. The standard InChI is InChI=1S/C14H23N3O2/c1-10-13(11(2)19-16-10)6-7-14(18)17-8-4-5-12(9-17)15-3/h12,15H,4-9H2,1-3H3. The lowest BCUT2D eigenvalue weighted by Crippen LogP contribution is -2.47. The van der Waals surface area contributed by atoms with Crippen LogP contribution in [0.3, 0.4) is 0 Å². The van der Waals surface area contributed by atoms with Gasteiger partial charge in [0.15, 0.2) is 0 Å². The smallest absolute Gasteiger partial charge is 0.222 e. The van der Waals surface area contributed by atoms with E-state index in [1.165, 1.54) is 0 Å². The Hall–Kier alpha value is -1.36. The van der Waals surface area contributed by atoms with Crippen LogP contribution >= 0.6 is 0 Å². The molecule has 19 heavy (non-hydrogen) atoms. The third kappa shape index (κ3) is 3.35. The van der Waals surface area contributed by atoms with Crippen molar-refractivity contribution in [3.63, 3.8) is 0 Å². The molecule has 5 nitrogen and oxygen atoms in total. The molecular weight excluding hydrogens is 242 g/mol. The molecule has 2 heterocycles. The van der Waals surface area contributed by atoms with Crippen molar-refractivity contribution in [3.05, 3.63) is 17.0 Å². The highest BCUT2D eigenvalue weighted by atomic mass is 16.5. The van der Waals surface area contributed by atoms with Gasteiger partial charge in [0.1, 0.15) is 5.76 Å². The molecule has 1 aromatic rings. The molecule has 106 valence electrons. The highest BCUT2D eigenvalue weighted by molar-refractivity contribution is 5.76. The lowest BCUT2D eigenvalue weighted by molar-refractivity contribution is -0.132. The summed E-state index contributed by atoms with van der Waals surface area (Å²) in [5.41, 5.74) is 1.98. The minimum absolute atomic E-state index is 0.236. The van der Waals surface area contributed by atoms with Gasteiger partial charge in [0, 0.05) is 31.1 Å². The summed E-state index contributed by atoms with van der Waals surface area (Å²) < 4.78 is 5.12. The maximum atomic E-state index is 12.2. The van der Waals surface area contributed by atoms with Crippen LogP contribution in [0.5, 0.6) is 0 Å². The van der Waals surface area contributed by atoms with E-state index in [0.29, 0.717) is 12.5 Å². The fourth-order valence-corrected chi connectivity index (χ4v) is 2.69. The second-order valence-corrected chi connectivity index (χ2v) is 5.27. The summed E-state index contributed by atoms with van der Waals surface area (Å²) in [7, 11) is 1.96. The van der Waals surface area contributed by atoms with Crippen molar-refractivity contribution in [1.82, 2.24) is 15.4 Å². The number of likely N-dealkylation sites (N-methyl/N-ethyl adjacent to an activating group) is 1. The number of likely N-dealkylation sites (tertiary alicyclic amines) is 1. The van der Waals surface area contributed by atoms with Gasteiger partial charge >= 0.3 is 0 Å². The number of hydrogen-bond acceptors (Lipinski definition) is 4. The molecule has 1 N–H and O–H groups in total. The van der Waals surface area contributed by atoms with E-state index in [1.54, 1.807) is 0 Å². The van der Waals surface area contributed by atoms with Gasteiger partial charge in [0.05, 0.1) is 5.69 Å². The maximum Gasteiger partial charge on any atom is 0.222 e. The summed E-state index contributed by atoms with van der Waals surface area (Å²) in [4.78, 5) is 14.2. The molecule has 1 atom stereocenters. The summed E-state index contributed by atoms with van der Waals surface area (Å²) >= 11 is 0. The number of nitrogens with zero attached hydrogens (tertiary/aromatic N) is 2. The Balaban J connectivity index is 1.87. The first kappa shape index (κ1) is 14.1. The zero-order valence-corrected chi connectivity index (χ0v) is 12.0. The first-order valence-electron chi connectivity index (χ1n) is 6.98. The molecule has 1 amide bonds. The van der Waals surface area contributed by atoms with Crippen LogP contribution in [-0.2, 0) is 11.2 Å². The minimum atomic E-state index is 0.236. The van der Waals surface area contributed by atoms with E-state index in [2.05, 4.69) is 10.5 Å². The van der Waals surface area contributed by atoms with Crippen molar-refractivity contribution in [1.29, 1.82) is 0 Å². The molecule has 1 aliphatic rings. The van der Waals surface area contributed by atoms with Crippen molar-refractivity contribution in [3.8, 4) is 0 Å². The van der Waals surface area contributed by atoms with Crippen LogP contribution in [0, 0.1) is 13.8 Å². The number of aromatic nitrogens is 1. The van der Waals surface area contributed by atoms with Crippen molar-refractivity contribution in [2.75, 3.05) is 20.1 Å². The number of hydrogen-bond donors (Lipinski definition) is 1. The largest absolute Gasteiger partial charge is 0.361 e. The number of aryl methyl sites for hydroxylation is 2. The average Bonchev–Trinajstić information content (AvgIpc) is 2.75. The van der Waals surface area contributed by atoms with E-state index in [-0.39, 0.29) is 5.91 Å². The Morgan fingerprint density at radius 1 is 1.53 bits per heavy atom. The Bertz CT molecular complexity index is 422. The van der Waals surface area contributed by atoms with E-state index in [9.17, 15) is 4.79 Å². The summed E-state index contributed by atoms with van der Waals surface area (Å²) in [5.74, 6) is 1.07. The Kier molecular flexibility index (Phi) is 4.58. The number of rotatable bonds is 4. The Labute approximate surface area is 114 Å². The van der Waals surface area contributed by atoms with Crippen LogP contribution in [0.2, 0.25) is 0 Å². The summed E-state index contributed by atoms with van der Waals surface area (Å²) in [6, 6.07) is 0.441. The van der Waals surface area contributed by atoms with Gasteiger partial charge in [-0.15, -0.1) is 0 Å². The zero-order chi connectivity index (χ0) is 13.8. The van der Waals surface area contributed by atoms with Crippen molar-refractivity contribution in [2.45, 2.75) is 45.6 Å².